The molecular formula is C14H13N3S2. The Morgan fingerprint density at radius 1 is 1.16 bits per heavy atom. The van der Waals surface area contributed by atoms with Crippen LogP contribution in [-0.4, -0.2) is 9.97 Å². The summed E-state index contributed by atoms with van der Waals surface area (Å²) in [6.07, 6.45) is 0. The van der Waals surface area contributed by atoms with Crippen molar-refractivity contribution in [2.24, 2.45) is 0 Å². The summed E-state index contributed by atoms with van der Waals surface area (Å²) in [5.41, 5.74) is 10.1. The predicted octanol–water partition coefficient (Wildman–Crippen LogP) is 4.13. The van der Waals surface area contributed by atoms with Gasteiger partial charge in [0.2, 0.25) is 0 Å². The zero-order valence-electron chi connectivity index (χ0n) is 10.7. The third-order valence-electron chi connectivity index (χ3n) is 2.81. The Kier molecular flexibility index (Phi) is 3.08. The van der Waals surface area contributed by atoms with Crippen molar-refractivity contribution < 1.29 is 0 Å². The Balaban J connectivity index is 2.02. The molecule has 1 aromatic carbocycles. The minimum Gasteiger partial charge on any atom is -0.375 e. The Morgan fingerprint density at radius 3 is 2.68 bits per heavy atom. The maximum atomic E-state index is 5.74. The van der Waals surface area contributed by atoms with E-state index in [1.807, 2.05) is 6.92 Å². The standard InChI is InChI=1S/C14H13N3S2/c1-8-4-3-5-10(6-8)13-17-11(7-18-13)12-9(2)16-14(15)19-12/h3-7H,1-2H3,(H2,15,16). The first kappa shape index (κ1) is 12.3. The van der Waals surface area contributed by atoms with Crippen molar-refractivity contribution in [1.29, 1.82) is 0 Å². The summed E-state index contributed by atoms with van der Waals surface area (Å²) >= 11 is 3.14. The highest BCUT2D eigenvalue weighted by Gasteiger charge is 2.12. The Labute approximate surface area is 119 Å². The summed E-state index contributed by atoms with van der Waals surface area (Å²) in [6, 6.07) is 8.38. The first-order valence-corrected chi connectivity index (χ1v) is 7.59. The average Bonchev–Trinajstić information content (AvgIpc) is 2.96. The molecule has 0 radical (unpaired) electrons. The highest BCUT2D eigenvalue weighted by Crippen LogP contribution is 2.34. The van der Waals surface area contributed by atoms with Gasteiger partial charge in [0.15, 0.2) is 5.13 Å². The van der Waals surface area contributed by atoms with Crippen LogP contribution in [0.4, 0.5) is 5.13 Å². The number of hydrogen-bond acceptors (Lipinski definition) is 5. The zero-order valence-corrected chi connectivity index (χ0v) is 12.3. The second-order valence-electron chi connectivity index (χ2n) is 4.37. The fraction of sp³-hybridized carbons (Fsp3) is 0.143. The molecule has 0 atom stereocenters. The monoisotopic (exact) mass is 287 g/mol. The van der Waals surface area contributed by atoms with Crippen molar-refractivity contribution in [1.82, 2.24) is 9.97 Å². The van der Waals surface area contributed by atoms with Gasteiger partial charge in [-0.2, -0.15) is 0 Å². The van der Waals surface area contributed by atoms with Gasteiger partial charge in [0.1, 0.15) is 5.01 Å². The summed E-state index contributed by atoms with van der Waals surface area (Å²) in [4.78, 5) is 10.0. The molecule has 0 spiro atoms. The lowest BCUT2D eigenvalue weighted by atomic mass is 10.1. The number of nitrogen functional groups attached to an aromatic ring is 1. The first-order valence-electron chi connectivity index (χ1n) is 5.89. The van der Waals surface area contributed by atoms with E-state index in [4.69, 9.17) is 10.7 Å². The SMILES string of the molecule is Cc1cccc(-c2nc(-c3sc(N)nc3C)cs2)c1. The van der Waals surface area contributed by atoms with Gasteiger partial charge in [-0.3, -0.25) is 0 Å². The molecule has 0 saturated heterocycles. The number of nitrogens with two attached hydrogens (primary N) is 1. The minimum atomic E-state index is 0.595. The van der Waals surface area contributed by atoms with Crippen molar-refractivity contribution in [2.45, 2.75) is 13.8 Å². The van der Waals surface area contributed by atoms with E-state index in [1.54, 1.807) is 11.3 Å². The van der Waals surface area contributed by atoms with Gasteiger partial charge in [-0.05, 0) is 19.9 Å². The molecule has 2 aromatic heterocycles. The molecule has 0 aliphatic rings. The highest BCUT2D eigenvalue weighted by molar-refractivity contribution is 7.19. The molecular weight excluding hydrogens is 274 g/mol. The molecule has 0 fully saturated rings. The van der Waals surface area contributed by atoms with E-state index in [0.717, 1.165) is 26.8 Å². The Hall–Kier alpha value is -1.72. The van der Waals surface area contributed by atoms with E-state index in [1.165, 1.54) is 16.9 Å². The number of hydrogen-bond donors (Lipinski definition) is 1. The molecule has 3 aromatic rings. The molecule has 19 heavy (non-hydrogen) atoms. The molecule has 5 heteroatoms. The summed E-state index contributed by atoms with van der Waals surface area (Å²) in [7, 11) is 0. The smallest absolute Gasteiger partial charge is 0.180 e. The van der Waals surface area contributed by atoms with Gasteiger partial charge in [0.05, 0.1) is 16.3 Å². The molecule has 0 unspecified atom stereocenters. The van der Waals surface area contributed by atoms with Crippen LogP contribution in [0.5, 0.6) is 0 Å². The molecule has 0 amide bonds. The van der Waals surface area contributed by atoms with Crippen LogP contribution in [0.3, 0.4) is 0 Å². The van der Waals surface area contributed by atoms with E-state index in [2.05, 4.69) is 41.6 Å². The number of aromatic nitrogens is 2. The maximum Gasteiger partial charge on any atom is 0.180 e. The fourth-order valence-corrected chi connectivity index (χ4v) is 3.62. The fourth-order valence-electron chi connectivity index (χ4n) is 1.94. The van der Waals surface area contributed by atoms with Gasteiger partial charge in [-0.25, -0.2) is 9.97 Å². The second kappa shape index (κ2) is 4.75. The Morgan fingerprint density at radius 2 is 2.00 bits per heavy atom. The van der Waals surface area contributed by atoms with Crippen molar-refractivity contribution >= 4 is 27.8 Å². The van der Waals surface area contributed by atoms with Crippen molar-refractivity contribution in [2.75, 3.05) is 5.73 Å². The second-order valence-corrected chi connectivity index (χ2v) is 6.26. The van der Waals surface area contributed by atoms with Gasteiger partial charge in [0.25, 0.3) is 0 Å². The lowest BCUT2D eigenvalue weighted by molar-refractivity contribution is 1.26. The van der Waals surface area contributed by atoms with Gasteiger partial charge < -0.3 is 5.73 Å². The lowest BCUT2D eigenvalue weighted by Gasteiger charge is -1.97. The molecule has 3 nitrogen and oxygen atoms in total. The zero-order chi connectivity index (χ0) is 13.4. The van der Waals surface area contributed by atoms with Crippen LogP contribution in [0.1, 0.15) is 11.3 Å². The van der Waals surface area contributed by atoms with E-state index < -0.39 is 0 Å². The molecule has 96 valence electrons. The normalized spacial score (nSPS) is 10.8. The third-order valence-corrected chi connectivity index (χ3v) is 4.72. The highest BCUT2D eigenvalue weighted by atomic mass is 32.1. The molecule has 0 aliphatic heterocycles. The number of nitrogens with zero attached hydrogens (tertiary/aromatic N) is 2. The van der Waals surface area contributed by atoms with Crippen LogP contribution >= 0.6 is 22.7 Å². The van der Waals surface area contributed by atoms with Gasteiger partial charge in [0, 0.05) is 10.9 Å². The summed E-state index contributed by atoms with van der Waals surface area (Å²) in [5.74, 6) is 0. The average molecular weight is 287 g/mol. The number of aryl methyl sites for hydroxylation is 2. The molecule has 2 heterocycles. The molecule has 0 aliphatic carbocycles. The topological polar surface area (TPSA) is 51.8 Å². The number of anilines is 1. The van der Waals surface area contributed by atoms with Crippen LogP contribution in [0.25, 0.3) is 21.1 Å². The van der Waals surface area contributed by atoms with Gasteiger partial charge in [-0.15, -0.1) is 11.3 Å². The summed E-state index contributed by atoms with van der Waals surface area (Å²) < 4.78 is 0. The van der Waals surface area contributed by atoms with Crippen molar-refractivity contribution in [3.8, 4) is 21.1 Å². The van der Waals surface area contributed by atoms with Crippen molar-refractivity contribution in [3.63, 3.8) is 0 Å². The molecule has 0 bridgehead atoms. The predicted molar refractivity (Wildman–Crippen MR) is 82.5 cm³/mol. The van der Waals surface area contributed by atoms with Crippen LogP contribution in [0.2, 0.25) is 0 Å². The van der Waals surface area contributed by atoms with Crippen LogP contribution in [0, 0.1) is 13.8 Å². The van der Waals surface area contributed by atoms with E-state index in [9.17, 15) is 0 Å². The third kappa shape index (κ3) is 2.39. The van der Waals surface area contributed by atoms with Crippen LogP contribution in [0.15, 0.2) is 29.6 Å². The van der Waals surface area contributed by atoms with E-state index in [-0.39, 0.29) is 0 Å². The minimum absolute atomic E-state index is 0.595. The van der Waals surface area contributed by atoms with Crippen LogP contribution in [-0.2, 0) is 0 Å². The Bertz CT molecular complexity index is 728. The van der Waals surface area contributed by atoms with Crippen molar-refractivity contribution in [3.05, 3.63) is 40.9 Å². The number of rotatable bonds is 2. The largest absolute Gasteiger partial charge is 0.375 e. The quantitative estimate of drug-likeness (QED) is 0.771. The number of thiazole rings is 2. The van der Waals surface area contributed by atoms with E-state index in [0.29, 0.717) is 5.13 Å². The lowest BCUT2D eigenvalue weighted by Crippen LogP contribution is -1.81. The number of benzene rings is 1. The molecule has 0 saturated carbocycles. The first-order chi connectivity index (χ1) is 9.13. The van der Waals surface area contributed by atoms with Gasteiger partial charge in [-0.1, -0.05) is 35.1 Å². The van der Waals surface area contributed by atoms with Gasteiger partial charge >= 0.3 is 0 Å². The molecule has 3 rings (SSSR count). The van der Waals surface area contributed by atoms with E-state index >= 15 is 0 Å². The summed E-state index contributed by atoms with van der Waals surface area (Å²) in [6.45, 7) is 4.06. The molecule has 2 N–H and O–H groups in total. The maximum absolute atomic E-state index is 5.74. The van der Waals surface area contributed by atoms with Crippen LogP contribution < -0.4 is 5.73 Å². The summed E-state index contributed by atoms with van der Waals surface area (Å²) in [5, 5.41) is 3.69.